The number of nitrogens with zero attached hydrogens (tertiary/aromatic N) is 1. The van der Waals surface area contributed by atoms with E-state index >= 15 is 0 Å². The van der Waals surface area contributed by atoms with Crippen LogP contribution in [-0.2, 0) is 12.8 Å². The highest BCUT2D eigenvalue weighted by Crippen LogP contribution is 2.33. The molecule has 1 heterocycles. The lowest BCUT2D eigenvalue weighted by Gasteiger charge is -2.22. The van der Waals surface area contributed by atoms with Crippen LogP contribution in [0.5, 0.6) is 0 Å². The van der Waals surface area contributed by atoms with Crippen molar-refractivity contribution < 1.29 is 0 Å². The van der Waals surface area contributed by atoms with Crippen LogP contribution in [0.2, 0.25) is 0 Å². The molecule has 106 valence electrons. The number of rotatable bonds is 3. The molecule has 1 aromatic rings. The highest BCUT2D eigenvalue weighted by Gasteiger charge is 2.25. The van der Waals surface area contributed by atoms with Crippen LogP contribution in [0.15, 0.2) is 0 Å². The van der Waals surface area contributed by atoms with Crippen molar-refractivity contribution in [2.45, 2.75) is 77.6 Å². The zero-order valence-electron chi connectivity index (χ0n) is 12.5. The quantitative estimate of drug-likeness (QED) is 0.844. The molecule has 2 unspecified atom stereocenters. The second-order valence-electron chi connectivity index (χ2n) is 7.04. The predicted molar refractivity (Wildman–Crippen MR) is 79.4 cm³/mol. The first-order chi connectivity index (χ1) is 9.22. The van der Waals surface area contributed by atoms with Gasteiger partial charge in [0.2, 0.25) is 0 Å². The van der Waals surface area contributed by atoms with E-state index in [1.165, 1.54) is 75.0 Å². The maximum Gasteiger partial charge on any atom is 0.106 e. The van der Waals surface area contributed by atoms with Gasteiger partial charge in [0.15, 0.2) is 0 Å². The van der Waals surface area contributed by atoms with Crippen LogP contribution in [0.3, 0.4) is 0 Å². The van der Waals surface area contributed by atoms with E-state index in [-0.39, 0.29) is 0 Å². The van der Waals surface area contributed by atoms with Gasteiger partial charge in [0, 0.05) is 18.0 Å². The third-order valence-electron chi connectivity index (χ3n) is 5.15. The normalized spacial score (nSPS) is 28.3. The van der Waals surface area contributed by atoms with Gasteiger partial charge in [-0.3, -0.25) is 0 Å². The zero-order valence-corrected chi connectivity index (χ0v) is 12.5. The number of aromatic amines is 1. The third-order valence-corrected chi connectivity index (χ3v) is 5.15. The Morgan fingerprint density at radius 1 is 1.16 bits per heavy atom. The summed E-state index contributed by atoms with van der Waals surface area (Å²) in [6, 6.07) is 0. The van der Waals surface area contributed by atoms with Gasteiger partial charge < -0.3 is 4.98 Å². The van der Waals surface area contributed by atoms with Crippen molar-refractivity contribution in [3.05, 3.63) is 17.2 Å². The molecular weight excluding hydrogens is 232 g/mol. The Labute approximate surface area is 117 Å². The van der Waals surface area contributed by atoms with E-state index in [4.69, 9.17) is 4.98 Å². The van der Waals surface area contributed by atoms with E-state index in [0.29, 0.717) is 5.92 Å². The molecule has 1 N–H and O–H groups in total. The van der Waals surface area contributed by atoms with Crippen LogP contribution in [0.1, 0.15) is 81.9 Å². The summed E-state index contributed by atoms with van der Waals surface area (Å²) in [5.41, 5.74) is 2.81. The number of aromatic nitrogens is 2. The van der Waals surface area contributed by atoms with Crippen LogP contribution >= 0.6 is 0 Å². The topological polar surface area (TPSA) is 28.7 Å². The average Bonchev–Trinajstić information content (AvgIpc) is 2.81. The molecule has 1 fully saturated rings. The summed E-state index contributed by atoms with van der Waals surface area (Å²) < 4.78 is 0. The minimum absolute atomic E-state index is 0.651. The highest BCUT2D eigenvalue weighted by atomic mass is 14.9. The van der Waals surface area contributed by atoms with E-state index in [1.54, 1.807) is 0 Å². The van der Waals surface area contributed by atoms with E-state index in [2.05, 4.69) is 18.8 Å². The van der Waals surface area contributed by atoms with Gasteiger partial charge in [-0.1, -0.05) is 46.0 Å². The van der Waals surface area contributed by atoms with Crippen LogP contribution in [0.4, 0.5) is 0 Å². The first kappa shape index (κ1) is 13.2. The molecular formula is C17H28N2. The molecule has 0 saturated heterocycles. The van der Waals surface area contributed by atoms with E-state index in [9.17, 15) is 0 Å². The van der Waals surface area contributed by atoms with E-state index in [0.717, 1.165) is 11.8 Å². The van der Waals surface area contributed by atoms with Gasteiger partial charge >= 0.3 is 0 Å². The Bertz CT molecular complexity index is 415. The summed E-state index contributed by atoms with van der Waals surface area (Å²) in [4.78, 5) is 8.52. The Hall–Kier alpha value is -0.790. The zero-order chi connectivity index (χ0) is 13.2. The summed E-state index contributed by atoms with van der Waals surface area (Å²) in [7, 11) is 0. The summed E-state index contributed by atoms with van der Waals surface area (Å²) >= 11 is 0. The number of H-pyrrole nitrogens is 1. The largest absolute Gasteiger partial charge is 0.346 e. The molecule has 2 heteroatoms. The lowest BCUT2D eigenvalue weighted by Crippen LogP contribution is -2.14. The molecule has 1 aromatic heterocycles. The lowest BCUT2D eigenvalue weighted by molar-refractivity contribution is 0.337. The minimum Gasteiger partial charge on any atom is -0.346 e. The number of imidazole rings is 1. The summed E-state index contributed by atoms with van der Waals surface area (Å²) in [5, 5.41) is 0. The first-order valence-corrected chi connectivity index (χ1v) is 8.30. The molecule has 2 aliphatic rings. The summed E-state index contributed by atoms with van der Waals surface area (Å²) in [5.74, 6) is 3.69. The average molecular weight is 260 g/mol. The predicted octanol–water partition coefficient (Wildman–Crippen LogP) is 4.61. The number of fused-ring (bicyclic) bond motifs is 1. The lowest BCUT2D eigenvalue weighted by atomic mass is 9.84. The standard InChI is InChI=1S/C17H28N2/c1-12-10-13(2)17-15(11-12)18-16(19-17)9-8-14-6-4-3-5-7-14/h12-14H,3-11H2,1-2H3,(H,18,19). The molecule has 2 aliphatic carbocycles. The number of hydrogen-bond acceptors (Lipinski definition) is 1. The molecule has 1 saturated carbocycles. The fourth-order valence-corrected chi connectivity index (χ4v) is 4.12. The Morgan fingerprint density at radius 3 is 2.74 bits per heavy atom. The van der Waals surface area contributed by atoms with Gasteiger partial charge in [0.1, 0.15) is 5.82 Å². The maximum atomic E-state index is 4.90. The third kappa shape index (κ3) is 3.04. The van der Waals surface area contributed by atoms with Crippen molar-refractivity contribution in [1.29, 1.82) is 0 Å². The van der Waals surface area contributed by atoms with Crippen molar-refractivity contribution in [3.63, 3.8) is 0 Å². The monoisotopic (exact) mass is 260 g/mol. The Kier molecular flexibility index (Phi) is 3.95. The molecule has 0 amide bonds. The van der Waals surface area contributed by atoms with Gasteiger partial charge in [-0.05, 0) is 31.1 Å². The Balaban J connectivity index is 1.61. The molecule has 0 aromatic carbocycles. The van der Waals surface area contributed by atoms with Crippen molar-refractivity contribution >= 4 is 0 Å². The molecule has 0 aliphatic heterocycles. The van der Waals surface area contributed by atoms with Crippen molar-refractivity contribution in [1.82, 2.24) is 9.97 Å². The molecule has 0 radical (unpaired) electrons. The highest BCUT2D eigenvalue weighted by molar-refractivity contribution is 5.22. The number of aryl methyl sites for hydroxylation is 1. The van der Waals surface area contributed by atoms with Crippen molar-refractivity contribution in [2.75, 3.05) is 0 Å². The summed E-state index contributed by atoms with van der Waals surface area (Å²) in [6.07, 6.45) is 12.3. The van der Waals surface area contributed by atoms with Gasteiger partial charge in [0.05, 0.1) is 5.69 Å². The molecule has 0 spiro atoms. The van der Waals surface area contributed by atoms with Crippen molar-refractivity contribution in [2.24, 2.45) is 11.8 Å². The Morgan fingerprint density at radius 2 is 1.95 bits per heavy atom. The van der Waals surface area contributed by atoms with Gasteiger partial charge in [-0.25, -0.2) is 4.98 Å². The maximum absolute atomic E-state index is 4.90. The van der Waals surface area contributed by atoms with Crippen molar-refractivity contribution in [3.8, 4) is 0 Å². The second-order valence-corrected chi connectivity index (χ2v) is 7.04. The number of hydrogen-bond donors (Lipinski definition) is 1. The van der Waals surface area contributed by atoms with Crippen LogP contribution in [-0.4, -0.2) is 9.97 Å². The fourth-order valence-electron chi connectivity index (χ4n) is 4.12. The molecule has 3 rings (SSSR count). The number of nitrogens with one attached hydrogen (secondary N) is 1. The molecule has 19 heavy (non-hydrogen) atoms. The van der Waals surface area contributed by atoms with E-state index < -0.39 is 0 Å². The fraction of sp³-hybridized carbons (Fsp3) is 0.824. The molecule has 2 nitrogen and oxygen atoms in total. The van der Waals surface area contributed by atoms with Gasteiger partial charge in [-0.15, -0.1) is 0 Å². The van der Waals surface area contributed by atoms with E-state index in [1.807, 2.05) is 0 Å². The van der Waals surface area contributed by atoms with Crippen LogP contribution < -0.4 is 0 Å². The smallest absolute Gasteiger partial charge is 0.106 e. The van der Waals surface area contributed by atoms with Gasteiger partial charge in [0.25, 0.3) is 0 Å². The second kappa shape index (κ2) is 5.68. The first-order valence-electron chi connectivity index (χ1n) is 8.30. The van der Waals surface area contributed by atoms with Crippen LogP contribution in [0, 0.1) is 11.8 Å². The SMILES string of the molecule is CC1Cc2[nH]c(CCC3CCCCC3)nc2C(C)C1. The molecule has 2 atom stereocenters. The summed E-state index contributed by atoms with van der Waals surface area (Å²) in [6.45, 7) is 4.70. The van der Waals surface area contributed by atoms with Crippen LogP contribution in [0.25, 0.3) is 0 Å². The minimum atomic E-state index is 0.651. The van der Waals surface area contributed by atoms with Gasteiger partial charge in [-0.2, -0.15) is 0 Å². The molecule has 0 bridgehead atoms.